The van der Waals surface area contributed by atoms with Gasteiger partial charge >= 0.3 is 8.56 Å². The minimum absolute atomic E-state index is 0.149. The molecule has 0 bridgehead atoms. The van der Waals surface area contributed by atoms with Gasteiger partial charge < -0.3 is 13.3 Å². The molecule has 3 nitrogen and oxygen atoms in total. The van der Waals surface area contributed by atoms with Crippen LogP contribution in [0.1, 0.15) is 27.7 Å². The molecule has 0 fully saturated rings. The van der Waals surface area contributed by atoms with Crippen LogP contribution in [-0.2, 0) is 13.3 Å². The molecule has 0 N–H and O–H groups in total. The molecule has 0 aromatic rings. The van der Waals surface area contributed by atoms with Gasteiger partial charge in [-0.25, -0.2) is 0 Å². The Balaban J connectivity index is 0. The highest BCUT2D eigenvalue weighted by Gasteiger charge is 2.42. The van der Waals surface area contributed by atoms with Gasteiger partial charge in [-0.2, -0.15) is 0 Å². The van der Waals surface area contributed by atoms with Gasteiger partial charge in [0.2, 0.25) is 0 Å². The van der Waals surface area contributed by atoms with Crippen molar-refractivity contribution >= 4 is 19.0 Å². The highest BCUT2D eigenvalue weighted by molar-refractivity contribution is 6.69. The Labute approximate surface area is 92.9 Å². The van der Waals surface area contributed by atoms with Crippen molar-refractivity contribution in [2.24, 2.45) is 0 Å². The third-order valence-corrected chi connectivity index (χ3v) is 7.29. The van der Waals surface area contributed by atoms with Crippen LogP contribution in [0.25, 0.3) is 0 Å². The monoisotopic (exact) mass is 238 g/mol. The van der Waals surface area contributed by atoms with Crippen molar-refractivity contribution in [2.75, 3.05) is 20.8 Å². The molecule has 0 aromatic heterocycles. The highest BCUT2D eigenvalue weighted by Crippen LogP contribution is 2.36. The first-order valence-corrected chi connectivity index (χ1v) is 8.01. The fraction of sp³-hybridized carbons (Fsp3) is 1.00. The molecule has 88 valence electrons. The van der Waals surface area contributed by atoms with Crippen LogP contribution in [0.5, 0.6) is 0 Å². The van der Waals surface area contributed by atoms with Crippen LogP contribution < -0.4 is 0 Å². The standard InChI is InChI=1S/C7H18O2Si.C2H8OSi/c1-7(2,3)10(6,8-4)9-5;1-2-3-4/h1-6H3;2H2,1,4H3. The van der Waals surface area contributed by atoms with Crippen LogP contribution in [0, 0.1) is 0 Å². The molecule has 14 heavy (non-hydrogen) atoms. The van der Waals surface area contributed by atoms with Crippen molar-refractivity contribution in [3.63, 3.8) is 0 Å². The minimum Gasteiger partial charge on any atom is -0.428 e. The van der Waals surface area contributed by atoms with Gasteiger partial charge in [0.1, 0.15) is 10.5 Å². The minimum atomic E-state index is -1.90. The van der Waals surface area contributed by atoms with E-state index < -0.39 is 8.56 Å². The summed E-state index contributed by atoms with van der Waals surface area (Å²) < 4.78 is 15.4. The topological polar surface area (TPSA) is 27.7 Å². The Morgan fingerprint density at radius 2 is 1.43 bits per heavy atom. The molecule has 0 aromatic carbocycles. The molecule has 0 radical (unpaired) electrons. The first-order valence-electron chi connectivity index (χ1n) is 4.88. The fourth-order valence-electron chi connectivity index (χ4n) is 0.696. The number of hydrogen-bond donors (Lipinski definition) is 0. The van der Waals surface area contributed by atoms with Crippen molar-refractivity contribution in [2.45, 2.75) is 39.3 Å². The van der Waals surface area contributed by atoms with E-state index in [9.17, 15) is 0 Å². The van der Waals surface area contributed by atoms with E-state index in [1.807, 2.05) is 6.92 Å². The molecular formula is C9H26O3Si2. The van der Waals surface area contributed by atoms with Gasteiger partial charge in [-0.05, 0) is 13.5 Å². The molecule has 0 aliphatic heterocycles. The second kappa shape index (κ2) is 7.59. The average Bonchev–Trinajstić information content (AvgIpc) is 2.15. The van der Waals surface area contributed by atoms with Crippen LogP contribution in [0.4, 0.5) is 0 Å². The number of hydrogen-bond acceptors (Lipinski definition) is 3. The van der Waals surface area contributed by atoms with E-state index in [1.54, 1.807) is 14.2 Å². The van der Waals surface area contributed by atoms with Crippen LogP contribution >= 0.6 is 0 Å². The van der Waals surface area contributed by atoms with Gasteiger partial charge in [-0.15, -0.1) is 0 Å². The highest BCUT2D eigenvalue weighted by atomic mass is 28.4. The zero-order valence-corrected chi connectivity index (χ0v) is 13.9. The summed E-state index contributed by atoms with van der Waals surface area (Å²) in [6, 6.07) is 0. The molecule has 0 aliphatic carbocycles. The molecule has 0 amide bonds. The summed E-state index contributed by atoms with van der Waals surface area (Å²) in [6.45, 7) is 11.4. The maximum absolute atomic E-state index is 5.37. The Morgan fingerprint density at radius 3 is 1.43 bits per heavy atom. The molecule has 0 saturated carbocycles. The quantitative estimate of drug-likeness (QED) is 0.697. The van der Waals surface area contributed by atoms with Gasteiger partial charge in [0.15, 0.2) is 0 Å². The first-order chi connectivity index (χ1) is 6.29. The molecule has 0 spiro atoms. The van der Waals surface area contributed by atoms with E-state index >= 15 is 0 Å². The predicted octanol–water partition coefficient (Wildman–Crippen LogP) is 1.45. The molecule has 0 unspecified atom stereocenters. The van der Waals surface area contributed by atoms with E-state index in [0.717, 1.165) is 17.1 Å². The van der Waals surface area contributed by atoms with Crippen LogP contribution in [-0.4, -0.2) is 39.9 Å². The molecule has 0 saturated heterocycles. The lowest BCUT2D eigenvalue weighted by molar-refractivity contribution is 0.222. The SMILES string of the molecule is CCO[SiH3].CO[Si](C)(OC)C(C)(C)C. The van der Waals surface area contributed by atoms with Crippen molar-refractivity contribution in [3.8, 4) is 0 Å². The van der Waals surface area contributed by atoms with Crippen molar-refractivity contribution in [1.29, 1.82) is 0 Å². The largest absolute Gasteiger partial charge is 0.428 e. The van der Waals surface area contributed by atoms with E-state index in [1.165, 1.54) is 0 Å². The van der Waals surface area contributed by atoms with Crippen molar-refractivity contribution in [3.05, 3.63) is 0 Å². The van der Waals surface area contributed by atoms with Crippen LogP contribution in [0.2, 0.25) is 11.6 Å². The lowest BCUT2D eigenvalue weighted by Crippen LogP contribution is -2.45. The Morgan fingerprint density at radius 1 is 1.14 bits per heavy atom. The molecule has 5 heteroatoms. The van der Waals surface area contributed by atoms with Gasteiger partial charge in [0, 0.05) is 25.9 Å². The summed E-state index contributed by atoms with van der Waals surface area (Å²) in [5, 5.41) is 0.149. The van der Waals surface area contributed by atoms with Crippen molar-refractivity contribution < 1.29 is 13.3 Å². The average molecular weight is 238 g/mol. The molecule has 0 heterocycles. The zero-order chi connectivity index (χ0) is 11.8. The lowest BCUT2D eigenvalue weighted by Gasteiger charge is -2.35. The summed E-state index contributed by atoms with van der Waals surface area (Å²) in [4.78, 5) is 0. The lowest BCUT2D eigenvalue weighted by atomic mass is 10.3. The maximum atomic E-state index is 5.37. The summed E-state index contributed by atoms with van der Waals surface area (Å²) in [6.07, 6.45) is 0. The van der Waals surface area contributed by atoms with Crippen LogP contribution in [0.3, 0.4) is 0 Å². The fourth-order valence-corrected chi connectivity index (χ4v) is 2.09. The number of rotatable bonds is 3. The first kappa shape index (κ1) is 16.7. The summed E-state index contributed by atoms with van der Waals surface area (Å²) >= 11 is 0. The predicted molar refractivity (Wildman–Crippen MR) is 66.9 cm³/mol. The normalized spacial score (nSPS) is 12.2. The van der Waals surface area contributed by atoms with E-state index in [4.69, 9.17) is 8.85 Å². The maximum Gasteiger partial charge on any atom is 0.339 e. The van der Waals surface area contributed by atoms with E-state index in [2.05, 4.69) is 31.7 Å². The smallest absolute Gasteiger partial charge is 0.339 e. The Bertz CT molecular complexity index is 129. The van der Waals surface area contributed by atoms with Crippen LogP contribution in [0.15, 0.2) is 0 Å². The summed E-state index contributed by atoms with van der Waals surface area (Å²) in [7, 11) is 2.44. The third kappa shape index (κ3) is 5.92. The molecule has 0 atom stereocenters. The summed E-state index contributed by atoms with van der Waals surface area (Å²) in [5.74, 6) is 0. The molecule has 0 rings (SSSR count). The Hall–Kier alpha value is 0.314. The second-order valence-corrected chi connectivity index (χ2v) is 8.97. The third-order valence-electron chi connectivity index (χ3n) is 2.43. The molecular weight excluding hydrogens is 212 g/mol. The molecule has 0 aliphatic rings. The van der Waals surface area contributed by atoms with Gasteiger partial charge in [-0.1, -0.05) is 20.8 Å². The Kier molecular flexibility index (Phi) is 9.07. The van der Waals surface area contributed by atoms with E-state index in [0.29, 0.717) is 0 Å². The van der Waals surface area contributed by atoms with Gasteiger partial charge in [-0.3, -0.25) is 0 Å². The van der Waals surface area contributed by atoms with Crippen molar-refractivity contribution in [1.82, 2.24) is 0 Å². The van der Waals surface area contributed by atoms with Gasteiger partial charge in [0.25, 0.3) is 0 Å². The summed E-state index contributed by atoms with van der Waals surface area (Å²) in [5.41, 5.74) is 0. The van der Waals surface area contributed by atoms with E-state index in [-0.39, 0.29) is 5.04 Å². The van der Waals surface area contributed by atoms with Gasteiger partial charge in [0.05, 0.1) is 0 Å². The zero-order valence-electron chi connectivity index (χ0n) is 10.9. The second-order valence-electron chi connectivity index (χ2n) is 4.18.